The van der Waals surface area contributed by atoms with Crippen molar-refractivity contribution in [2.75, 3.05) is 5.32 Å². The van der Waals surface area contributed by atoms with Crippen molar-refractivity contribution < 1.29 is 9.21 Å². The van der Waals surface area contributed by atoms with Crippen LogP contribution in [0.2, 0.25) is 5.02 Å². The normalized spacial score (nSPS) is 11.0. The maximum atomic E-state index is 12.1. The molecule has 2 aromatic rings. The fourth-order valence-corrected chi connectivity index (χ4v) is 2.47. The van der Waals surface area contributed by atoms with Crippen molar-refractivity contribution in [1.29, 1.82) is 0 Å². The van der Waals surface area contributed by atoms with E-state index >= 15 is 0 Å². The second-order valence-electron chi connectivity index (χ2n) is 4.61. The van der Waals surface area contributed by atoms with E-state index in [1.54, 1.807) is 24.5 Å². The highest BCUT2D eigenvalue weighted by molar-refractivity contribution is 6.32. The van der Waals surface area contributed by atoms with Crippen LogP contribution in [0.5, 0.6) is 0 Å². The van der Waals surface area contributed by atoms with E-state index in [9.17, 15) is 4.79 Å². The molecular formula is C17H18ClNO2. The fourth-order valence-electron chi connectivity index (χ4n) is 2.18. The Kier molecular flexibility index (Phi) is 5.23. The van der Waals surface area contributed by atoms with Crippen LogP contribution in [0.3, 0.4) is 0 Å². The second kappa shape index (κ2) is 7.14. The molecule has 1 amide bonds. The molecule has 4 heteroatoms. The molecule has 0 aliphatic rings. The molecule has 110 valence electrons. The third-order valence-electron chi connectivity index (χ3n) is 3.27. The summed E-state index contributed by atoms with van der Waals surface area (Å²) in [5, 5.41) is 3.61. The summed E-state index contributed by atoms with van der Waals surface area (Å²) < 4.78 is 5.16. The molecule has 21 heavy (non-hydrogen) atoms. The van der Waals surface area contributed by atoms with Crippen LogP contribution in [0.4, 0.5) is 5.69 Å². The Morgan fingerprint density at radius 3 is 2.71 bits per heavy atom. The predicted octanol–water partition coefficient (Wildman–Crippen LogP) is 4.71. The first kappa shape index (κ1) is 15.4. The Morgan fingerprint density at radius 1 is 1.29 bits per heavy atom. The van der Waals surface area contributed by atoms with Gasteiger partial charge in [-0.15, -0.1) is 0 Å². The van der Waals surface area contributed by atoms with Gasteiger partial charge in [0.1, 0.15) is 5.76 Å². The van der Waals surface area contributed by atoms with Gasteiger partial charge in [0.05, 0.1) is 6.26 Å². The number of anilines is 1. The van der Waals surface area contributed by atoms with Crippen molar-refractivity contribution in [3.63, 3.8) is 0 Å². The molecule has 0 radical (unpaired) electrons. The van der Waals surface area contributed by atoms with Gasteiger partial charge in [0.15, 0.2) is 0 Å². The number of hydrogen-bond donors (Lipinski definition) is 1. The number of benzene rings is 1. The highest BCUT2D eigenvalue weighted by atomic mass is 35.5. The highest BCUT2D eigenvalue weighted by Crippen LogP contribution is 2.29. The molecule has 0 aliphatic heterocycles. The number of nitrogens with one attached hydrogen (secondary N) is 1. The van der Waals surface area contributed by atoms with Crippen molar-refractivity contribution in [2.45, 2.75) is 26.7 Å². The van der Waals surface area contributed by atoms with E-state index < -0.39 is 0 Å². The monoisotopic (exact) mass is 303 g/mol. The molecule has 0 unspecified atom stereocenters. The molecule has 1 aromatic heterocycles. The van der Waals surface area contributed by atoms with Gasteiger partial charge in [0.25, 0.3) is 0 Å². The minimum Gasteiger partial charge on any atom is -0.465 e. The largest absolute Gasteiger partial charge is 0.465 e. The van der Waals surface area contributed by atoms with Gasteiger partial charge < -0.3 is 9.73 Å². The first-order valence-electron chi connectivity index (χ1n) is 6.98. The van der Waals surface area contributed by atoms with Crippen molar-refractivity contribution in [3.05, 3.63) is 58.5 Å². The van der Waals surface area contributed by atoms with Crippen molar-refractivity contribution in [1.82, 2.24) is 0 Å². The minimum absolute atomic E-state index is 0.196. The van der Waals surface area contributed by atoms with E-state index in [0.717, 1.165) is 29.7 Å². The molecule has 3 nitrogen and oxygen atoms in total. The van der Waals surface area contributed by atoms with Crippen molar-refractivity contribution >= 4 is 29.3 Å². The summed E-state index contributed by atoms with van der Waals surface area (Å²) >= 11 is 6.22. The third kappa shape index (κ3) is 3.76. The SMILES string of the molecule is CCc1ccc(Cl)c(CC)c1NC(=O)/C=C\c1ccco1. The number of amides is 1. The van der Waals surface area contributed by atoms with Crippen LogP contribution >= 0.6 is 11.6 Å². The average molecular weight is 304 g/mol. The second-order valence-corrected chi connectivity index (χ2v) is 5.01. The Balaban J connectivity index is 2.22. The molecule has 0 bridgehead atoms. The maximum Gasteiger partial charge on any atom is 0.248 e. The van der Waals surface area contributed by atoms with Crippen LogP contribution < -0.4 is 5.32 Å². The van der Waals surface area contributed by atoms with E-state index in [4.69, 9.17) is 16.0 Å². The summed E-state index contributed by atoms with van der Waals surface area (Å²) in [6.45, 7) is 4.08. The summed E-state index contributed by atoms with van der Waals surface area (Å²) in [5.41, 5.74) is 2.87. The highest BCUT2D eigenvalue weighted by Gasteiger charge is 2.11. The molecule has 0 aliphatic carbocycles. The Labute approximate surface area is 129 Å². The number of rotatable bonds is 5. The zero-order valence-corrected chi connectivity index (χ0v) is 12.9. The molecular weight excluding hydrogens is 286 g/mol. The number of hydrogen-bond acceptors (Lipinski definition) is 2. The summed E-state index contributed by atoms with van der Waals surface area (Å²) in [4.78, 5) is 12.1. The third-order valence-corrected chi connectivity index (χ3v) is 3.62. The van der Waals surface area contributed by atoms with Crippen molar-refractivity contribution in [3.8, 4) is 0 Å². The van der Waals surface area contributed by atoms with Gasteiger partial charge in [0, 0.05) is 16.8 Å². The maximum absolute atomic E-state index is 12.1. The molecule has 1 N–H and O–H groups in total. The molecule has 1 heterocycles. The lowest BCUT2D eigenvalue weighted by molar-refractivity contribution is -0.111. The zero-order valence-electron chi connectivity index (χ0n) is 12.2. The molecule has 0 fully saturated rings. The number of carbonyl (C=O) groups excluding carboxylic acids is 1. The van der Waals surface area contributed by atoms with Crippen LogP contribution in [-0.2, 0) is 17.6 Å². The standard InChI is InChI=1S/C17H18ClNO2/c1-3-12-7-9-15(18)14(4-2)17(12)19-16(20)10-8-13-6-5-11-21-13/h5-11H,3-4H2,1-2H3,(H,19,20)/b10-8-. The predicted molar refractivity (Wildman–Crippen MR) is 86.6 cm³/mol. The topological polar surface area (TPSA) is 42.2 Å². The van der Waals surface area contributed by atoms with E-state index in [1.807, 2.05) is 19.1 Å². The van der Waals surface area contributed by atoms with Crippen LogP contribution in [0, 0.1) is 0 Å². The number of furan rings is 1. The Bertz CT molecular complexity index is 645. The van der Waals surface area contributed by atoms with Gasteiger partial charge in [-0.25, -0.2) is 0 Å². The molecule has 0 saturated heterocycles. The minimum atomic E-state index is -0.196. The number of halogens is 1. The first-order chi connectivity index (χ1) is 10.2. The fraction of sp³-hybridized carbons (Fsp3) is 0.235. The molecule has 0 saturated carbocycles. The smallest absolute Gasteiger partial charge is 0.248 e. The number of carbonyl (C=O) groups is 1. The summed E-state index contributed by atoms with van der Waals surface area (Å²) in [5.74, 6) is 0.445. The molecule has 0 atom stereocenters. The molecule has 1 aromatic carbocycles. The van der Waals surface area contributed by atoms with Gasteiger partial charge in [-0.2, -0.15) is 0 Å². The molecule has 2 rings (SSSR count). The lowest BCUT2D eigenvalue weighted by atomic mass is 10.0. The summed E-state index contributed by atoms with van der Waals surface area (Å²) in [6.07, 6.45) is 6.26. The van der Waals surface area contributed by atoms with Crippen LogP contribution in [-0.4, -0.2) is 5.91 Å². The molecule has 0 spiro atoms. The van der Waals surface area contributed by atoms with Crippen LogP contribution in [0.15, 0.2) is 41.0 Å². The first-order valence-corrected chi connectivity index (χ1v) is 7.36. The summed E-state index contributed by atoms with van der Waals surface area (Å²) in [7, 11) is 0. The average Bonchev–Trinajstić information content (AvgIpc) is 2.99. The lowest BCUT2D eigenvalue weighted by Crippen LogP contribution is -2.12. The van der Waals surface area contributed by atoms with Gasteiger partial charge in [-0.3, -0.25) is 4.79 Å². The lowest BCUT2D eigenvalue weighted by Gasteiger charge is -2.14. The quantitative estimate of drug-likeness (QED) is 0.813. The van der Waals surface area contributed by atoms with Gasteiger partial charge >= 0.3 is 0 Å². The van der Waals surface area contributed by atoms with Gasteiger partial charge in [-0.1, -0.05) is 31.5 Å². The zero-order chi connectivity index (χ0) is 15.2. The van der Waals surface area contributed by atoms with E-state index in [-0.39, 0.29) is 5.91 Å². The van der Waals surface area contributed by atoms with E-state index in [2.05, 4.69) is 12.2 Å². The number of aryl methyl sites for hydroxylation is 1. The Hall–Kier alpha value is -2.00. The van der Waals surface area contributed by atoms with Crippen molar-refractivity contribution in [2.24, 2.45) is 0 Å². The van der Waals surface area contributed by atoms with Crippen LogP contribution in [0.25, 0.3) is 6.08 Å². The van der Waals surface area contributed by atoms with Gasteiger partial charge in [-0.05, 0) is 48.2 Å². The van der Waals surface area contributed by atoms with E-state index in [1.165, 1.54) is 6.08 Å². The van der Waals surface area contributed by atoms with Crippen LogP contribution in [0.1, 0.15) is 30.7 Å². The van der Waals surface area contributed by atoms with E-state index in [0.29, 0.717) is 10.8 Å². The Morgan fingerprint density at radius 2 is 2.10 bits per heavy atom. The summed E-state index contributed by atoms with van der Waals surface area (Å²) in [6, 6.07) is 7.40. The van der Waals surface area contributed by atoms with Gasteiger partial charge in [0.2, 0.25) is 5.91 Å².